The van der Waals surface area contributed by atoms with E-state index in [0.29, 0.717) is 30.8 Å². The van der Waals surface area contributed by atoms with Gasteiger partial charge < -0.3 is 14.2 Å². The molecule has 194 valence electrons. The quantitative estimate of drug-likeness (QED) is 0.356. The first-order chi connectivity index (χ1) is 17.8. The van der Waals surface area contributed by atoms with E-state index in [1.807, 2.05) is 48.9 Å². The summed E-state index contributed by atoms with van der Waals surface area (Å²) >= 11 is 0. The van der Waals surface area contributed by atoms with E-state index in [0.717, 1.165) is 42.0 Å². The van der Waals surface area contributed by atoms with Crippen LogP contribution in [0.4, 0.5) is 13.2 Å². The summed E-state index contributed by atoms with van der Waals surface area (Å²) in [6.07, 6.45) is 6.77. The number of piperazine rings is 1. The fourth-order valence-electron chi connectivity index (χ4n) is 5.36. The highest BCUT2D eigenvalue weighted by molar-refractivity contribution is 5.99. The summed E-state index contributed by atoms with van der Waals surface area (Å²) in [5.41, 5.74) is 3.39. The number of ether oxygens (including phenoxy) is 1. The van der Waals surface area contributed by atoms with E-state index >= 15 is 0 Å². The van der Waals surface area contributed by atoms with Crippen molar-refractivity contribution in [1.29, 1.82) is 0 Å². The van der Waals surface area contributed by atoms with E-state index in [-0.39, 0.29) is 17.5 Å². The summed E-state index contributed by atoms with van der Waals surface area (Å²) in [5, 5.41) is 0. The van der Waals surface area contributed by atoms with Gasteiger partial charge >= 0.3 is 0 Å². The predicted octanol–water partition coefficient (Wildman–Crippen LogP) is 5.06. The monoisotopic (exact) mass is 510 g/mol. The second-order valence-corrected chi connectivity index (χ2v) is 9.59. The van der Waals surface area contributed by atoms with Crippen LogP contribution in [-0.2, 0) is 4.79 Å². The van der Waals surface area contributed by atoms with Crippen LogP contribution in [0.1, 0.15) is 42.6 Å². The van der Waals surface area contributed by atoms with Crippen LogP contribution in [0, 0.1) is 24.4 Å². The van der Waals surface area contributed by atoms with Gasteiger partial charge in [-0.15, -0.1) is 0 Å². The molecule has 0 aliphatic carbocycles. The van der Waals surface area contributed by atoms with Gasteiger partial charge in [0.25, 0.3) is 5.91 Å². The molecule has 3 heterocycles. The number of carbonyl (C=O) groups excluding carboxylic acids is 1. The lowest BCUT2D eigenvalue weighted by Crippen LogP contribution is -2.58. The number of nitrogens with zero attached hydrogens (tertiary/aromatic N) is 4. The molecule has 1 amide bonds. The summed E-state index contributed by atoms with van der Waals surface area (Å²) in [5.74, 6) is -3.53. The molecule has 0 spiro atoms. The van der Waals surface area contributed by atoms with Crippen LogP contribution in [0.25, 0.3) is 11.8 Å². The van der Waals surface area contributed by atoms with Crippen molar-refractivity contribution in [1.82, 2.24) is 19.4 Å². The fraction of sp³-hybridized carbons (Fsp3) is 0.357. The van der Waals surface area contributed by atoms with Gasteiger partial charge in [0, 0.05) is 30.9 Å². The van der Waals surface area contributed by atoms with Gasteiger partial charge in [-0.05, 0) is 67.8 Å². The standard InChI is InChI=1S/C28H29F3N4O2/c1-4-33-14-21-7-6-19(9-18-5-8-24(26(10-18)37-3)34-13-17(2)32-16-34)28(36)35(21)25(15-33)20-11-22(29)27(31)23(30)12-20/h5,8-13,16,21,25H,4,6-7,14-15H2,1-3H3/b19-9+/t21-,25-/m0/s1. The Balaban J connectivity index is 1.48. The minimum atomic E-state index is -1.50. The molecule has 0 unspecified atom stereocenters. The molecule has 1 aromatic heterocycles. The average Bonchev–Trinajstić information content (AvgIpc) is 3.33. The molecule has 2 aliphatic rings. The van der Waals surface area contributed by atoms with Gasteiger partial charge in [-0.3, -0.25) is 9.69 Å². The van der Waals surface area contributed by atoms with E-state index < -0.39 is 23.5 Å². The van der Waals surface area contributed by atoms with Crippen molar-refractivity contribution in [2.75, 3.05) is 26.7 Å². The van der Waals surface area contributed by atoms with E-state index in [9.17, 15) is 18.0 Å². The zero-order valence-corrected chi connectivity index (χ0v) is 21.0. The SMILES string of the molecule is CCN1C[C@@H]2CC/C(=C\c3ccc(-n4cnc(C)c4)c(OC)c3)C(=O)N2[C@H](c2cc(F)c(F)c(F)c2)C1. The molecular weight excluding hydrogens is 481 g/mol. The molecule has 3 aromatic rings. The lowest BCUT2D eigenvalue weighted by Gasteiger charge is -2.49. The molecule has 2 fully saturated rings. The Morgan fingerprint density at radius 3 is 2.54 bits per heavy atom. The number of halogens is 3. The zero-order chi connectivity index (χ0) is 26.3. The van der Waals surface area contributed by atoms with Crippen molar-refractivity contribution in [3.05, 3.63) is 82.7 Å². The number of hydrogen-bond acceptors (Lipinski definition) is 4. The number of benzene rings is 2. The number of piperidine rings is 1. The lowest BCUT2D eigenvalue weighted by atomic mass is 9.88. The van der Waals surface area contributed by atoms with E-state index in [1.165, 1.54) is 0 Å². The summed E-state index contributed by atoms with van der Waals surface area (Å²) in [6, 6.07) is 7.03. The second-order valence-electron chi connectivity index (χ2n) is 9.59. The number of carbonyl (C=O) groups is 1. The van der Waals surface area contributed by atoms with E-state index in [1.54, 1.807) is 18.3 Å². The largest absolute Gasteiger partial charge is 0.495 e. The first kappa shape index (κ1) is 25.1. The molecule has 0 bridgehead atoms. The van der Waals surface area contributed by atoms with Crippen molar-refractivity contribution < 1.29 is 22.7 Å². The molecule has 5 rings (SSSR count). The van der Waals surface area contributed by atoms with Crippen LogP contribution < -0.4 is 4.74 Å². The average molecular weight is 511 g/mol. The van der Waals surface area contributed by atoms with Gasteiger partial charge in [-0.25, -0.2) is 18.2 Å². The number of methoxy groups -OCH3 is 1. The van der Waals surface area contributed by atoms with Crippen molar-refractivity contribution in [3.8, 4) is 11.4 Å². The van der Waals surface area contributed by atoms with Gasteiger partial charge in [-0.2, -0.15) is 0 Å². The number of imidazole rings is 1. The van der Waals surface area contributed by atoms with Gasteiger partial charge in [0.1, 0.15) is 5.75 Å². The van der Waals surface area contributed by atoms with Gasteiger partial charge in [0.15, 0.2) is 17.5 Å². The van der Waals surface area contributed by atoms with Crippen LogP contribution in [0.2, 0.25) is 0 Å². The van der Waals surface area contributed by atoms with Crippen molar-refractivity contribution >= 4 is 12.0 Å². The van der Waals surface area contributed by atoms with Gasteiger partial charge in [0.05, 0.1) is 30.9 Å². The van der Waals surface area contributed by atoms with Crippen LogP contribution in [0.15, 0.2) is 48.4 Å². The lowest BCUT2D eigenvalue weighted by molar-refractivity contribution is -0.139. The van der Waals surface area contributed by atoms with Crippen LogP contribution >= 0.6 is 0 Å². The molecule has 2 aromatic carbocycles. The third kappa shape index (κ3) is 4.75. The number of rotatable bonds is 5. The highest BCUT2D eigenvalue weighted by Gasteiger charge is 2.42. The number of amides is 1. The Kier molecular flexibility index (Phi) is 6.81. The number of aromatic nitrogens is 2. The third-order valence-corrected chi connectivity index (χ3v) is 7.26. The van der Waals surface area contributed by atoms with E-state index in [2.05, 4.69) is 9.88 Å². The van der Waals surface area contributed by atoms with Crippen LogP contribution in [-0.4, -0.2) is 58.0 Å². The predicted molar refractivity (Wildman–Crippen MR) is 134 cm³/mol. The van der Waals surface area contributed by atoms with E-state index in [4.69, 9.17) is 4.74 Å². The molecule has 9 heteroatoms. The molecule has 2 saturated heterocycles. The Labute approximate surface area is 214 Å². The second kappa shape index (κ2) is 10.0. The van der Waals surface area contributed by atoms with Crippen LogP contribution in [0.3, 0.4) is 0 Å². The van der Waals surface area contributed by atoms with Gasteiger partial charge in [-0.1, -0.05) is 13.0 Å². The molecule has 0 N–H and O–H groups in total. The maximum absolute atomic E-state index is 14.1. The summed E-state index contributed by atoms with van der Waals surface area (Å²) in [7, 11) is 1.59. The topological polar surface area (TPSA) is 50.6 Å². The highest BCUT2D eigenvalue weighted by atomic mass is 19.2. The molecule has 6 nitrogen and oxygen atoms in total. The molecule has 0 saturated carbocycles. The first-order valence-electron chi connectivity index (χ1n) is 12.4. The maximum Gasteiger partial charge on any atom is 0.250 e. The molecule has 2 aliphatic heterocycles. The summed E-state index contributed by atoms with van der Waals surface area (Å²) in [6.45, 7) is 5.77. The number of fused-ring (bicyclic) bond motifs is 1. The normalized spacial score (nSPS) is 21.4. The van der Waals surface area contributed by atoms with Gasteiger partial charge in [0.2, 0.25) is 0 Å². The first-order valence-corrected chi connectivity index (χ1v) is 12.4. The number of hydrogen-bond donors (Lipinski definition) is 0. The molecule has 0 radical (unpaired) electrons. The van der Waals surface area contributed by atoms with Crippen molar-refractivity contribution in [2.45, 2.75) is 38.8 Å². The Bertz CT molecular complexity index is 1350. The smallest absolute Gasteiger partial charge is 0.250 e. The van der Waals surface area contributed by atoms with Crippen molar-refractivity contribution in [3.63, 3.8) is 0 Å². The summed E-state index contributed by atoms with van der Waals surface area (Å²) in [4.78, 5) is 21.9. The minimum Gasteiger partial charge on any atom is -0.495 e. The van der Waals surface area contributed by atoms with Crippen LogP contribution in [0.5, 0.6) is 5.75 Å². The Hall–Kier alpha value is -3.59. The fourth-order valence-corrected chi connectivity index (χ4v) is 5.36. The highest BCUT2D eigenvalue weighted by Crippen LogP contribution is 2.38. The summed E-state index contributed by atoms with van der Waals surface area (Å²) < 4.78 is 49.4. The third-order valence-electron chi connectivity index (χ3n) is 7.26. The molecular formula is C28H29F3N4O2. The maximum atomic E-state index is 14.1. The van der Waals surface area contributed by atoms with Crippen molar-refractivity contribution in [2.24, 2.45) is 0 Å². The zero-order valence-electron chi connectivity index (χ0n) is 21.0. The Morgan fingerprint density at radius 1 is 1.14 bits per heavy atom. The molecule has 2 atom stereocenters. The Morgan fingerprint density at radius 2 is 1.89 bits per heavy atom. The number of aryl methyl sites for hydroxylation is 1. The number of likely N-dealkylation sites (N-methyl/N-ethyl adjacent to an activating group) is 1. The molecule has 37 heavy (non-hydrogen) atoms. The minimum absolute atomic E-state index is 0.0964.